The minimum absolute atomic E-state index is 0.158. The van der Waals surface area contributed by atoms with E-state index in [1.54, 1.807) is 48.6 Å². The summed E-state index contributed by atoms with van der Waals surface area (Å²) in [7, 11) is 0. The van der Waals surface area contributed by atoms with Crippen LogP contribution in [0.1, 0.15) is 21.5 Å². The van der Waals surface area contributed by atoms with E-state index in [0.717, 1.165) is 16.7 Å². The normalized spacial score (nSPS) is 10.9. The van der Waals surface area contributed by atoms with Crippen molar-refractivity contribution < 1.29 is 23.4 Å². The lowest BCUT2D eigenvalue weighted by molar-refractivity contribution is 0.0696. The van der Waals surface area contributed by atoms with E-state index in [1.807, 2.05) is 12.1 Å². The van der Waals surface area contributed by atoms with Gasteiger partial charge in [0.2, 0.25) is 0 Å². The molecular weight excluding hydrogens is 410 g/mol. The Kier molecular flexibility index (Phi) is 6.08. The van der Waals surface area contributed by atoms with Crippen molar-refractivity contribution in [2.75, 3.05) is 0 Å². The fourth-order valence-corrected chi connectivity index (χ4v) is 3.22. The number of carboxylic acid groups (broad SMARTS) is 1. The molecule has 0 aliphatic rings. The Bertz CT molecular complexity index is 1280. The lowest BCUT2D eigenvalue weighted by Gasteiger charge is -2.08. The molecule has 4 aromatic rings. The second kappa shape index (κ2) is 9.27. The zero-order valence-corrected chi connectivity index (χ0v) is 16.8. The molecule has 32 heavy (non-hydrogen) atoms. The second-order valence-corrected chi connectivity index (χ2v) is 7.08. The minimum atomic E-state index is -1.04. The van der Waals surface area contributed by atoms with Gasteiger partial charge in [0.05, 0.1) is 5.56 Å². The van der Waals surface area contributed by atoms with Crippen LogP contribution in [0.25, 0.3) is 23.3 Å². The third kappa shape index (κ3) is 5.08. The zero-order chi connectivity index (χ0) is 22.5. The highest BCUT2D eigenvalue weighted by atomic mass is 19.1. The number of carbonyl (C=O) groups is 1. The molecule has 4 aromatic carbocycles. The van der Waals surface area contributed by atoms with E-state index >= 15 is 0 Å². The van der Waals surface area contributed by atoms with E-state index in [4.69, 9.17) is 4.74 Å². The molecule has 0 saturated heterocycles. The van der Waals surface area contributed by atoms with Crippen molar-refractivity contribution in [1.29, 1.82) is 0 Å². The third-order valence-electron chi connectivity index (χ3n) is 4.82. The molecule has 0 atom stereocenters. The molecule has 0 spiro atoms. The van der Waals surface area contributed by atoms with E-state index in [0.29, 0.717) is 17.1 Å². The zero-order valence-electron chi connectivity index (χ0n) is 16.8. The second-order valence-electron chi connectivity index (χ2n) is 7.08. The summed E-state index contributed by atoms with van der Waals surface area (Å²) in [6.07, 6.45) is 3.50. The van der Waals surface area contributed by atoms with Crippen LogP contribution >= 0.6 is 0 Å². The van der Waals surface area contributed by atoms with Crippen molar-refractivity contribution in [3.05, 3.63) is 119 Å². The molecule has 158 valence electrons. The van der Waals surface area contributed by atoms with Crippen molar-refractivity contribution in [1.82, 2.24) is 0 Å². The molecular formula is C27H18F2O3. The van der Waals surface area contributed by atoms with E-state index in [1.165, 1.54) is 42.5 Å². The summed E-state index contributed by atoms with van der Waals surface area (Å²) in [4.78, 5) is 11.7. The lowest BCUT2D eigenvalue weighted by atomic mass is 9.98. The Balaban J connectivity index is 1.61. The highest BCUT2D eigenvalue weighted by molar-refractivity contribution is 5.94. The molecule has 0 fully saturated rings. The molecule has 3 nitrogen and oxygen atoms in total. The third-order valence-corrected chi connectivity index (χ3v) is 4.82. The van der Waals surface area contributed by atoms with Gasteiger partial charge >= 0.3 is 5.97 Å². The number of aromatic carboxylic acids is 1. The van der Waals surface area contributed by atoms with Gasteiger partial charge in [-0.1, -0.05) is 42.5 Å². The van der Waals surface area contributed by atoms with Gasteiger partial charge in [0, 0.05) is 0 Å². The molecule has 0 unspecified atom stereocenters. The summed E-state index contributed by atoms with van der Waals surface area (Å²) in [5, 5.41) is 9.56. The Morgan fingerprint density at radius 3 is 2.06 bits per heavy atom. The van der Waals surface area contributed by atoms with Crippen molar-refractivity contribution in [3.8, 4) is 22.6 Å². The molecule has 0 saturated carbocycles. The highest BCUT2D eigenvalue weighted by Crippen LogP contribution is 2.26. The first kappa shape index (κ1) is 21.0. The topological polar surface area (TPSA) is 46.5 Å². The van der Waals surface area contributed by atoms with E-state index < -0.39 is 5.97 Å². The monoisotopic (exact) mass is 428 g/mol. The fourth-order valence-electron chi connectivity index (χ4n) is 3.22. The van der Waals surface area contributed by atoms with Crippen molar-refractivity contribution in [2.24, 2.45) is 0 Å². The van der Waals surface area contributed by atoms with E-state index in [9.17, 15) is 18.7 Å². The molecule has 0 radical (unpaired) electrons. The van der Waals surface area contributed by atoms with Gasteiger partial charge in [0.25, 0.3) is 0 Å². The van der Waals surface area contributed by atoms with Crippen LogP contribution in [0.2, 0.25) is 0 Å². The van der Waals surface area contributed by atoms with Crippen LogP contribution < -0.4 is 4.74 Å². The van der Waals surface area contributed by atoms with Crippen molar-refractivity contribution in [3.63, 3.8) is 0 Å². The standard InChI is InChI=1S/C27H18F2O3/c28-22-9-6-19(7-10-22)20-8-15-26(27(30)31)21(17-20)5-4-18-2-1-3-25(16-18)32-24-13-11-23(29)12-14-24/h1-17H,(H,30,31)/b5-4+. The average Bonchev–Trinajstić information content (AvgIpc) is 2.80. The summed E-state index contributed by atoms with van der Waals surface area (Å²) < 4.78 is 32.1. The molecule has 4 rings (SSSR count). The first-order chi connectivity index (χ1) is 15.5. The summed E-state index contributed by atoms with van der Waals surface area (Å²) in [5.41, 5.74) is 3.04. The van der Waals surface area contributed by atoms with Gasteiger partial charge in [-0.3, -0.25) is 0 Å². The number of halogens is 2. The van der Waals surface area contributed by atoms with Crippen LogP contribution in [0.3, 0.4) is 0 Å². The molecule has 0 aliphatic carbocycles. The van der Waals surface area contributed by atoms with Gasteiger partial charge in [0.1, 0.15) is 23.1 Å². The van der Waals surface area contributed by atoms with E-state index in [-0.39, 0.29) is 17.2 Å². The molecule has 0 aromatic heterocycles. The van der Waals surface area contributed by atoms with Gasteiger partial charge in [-0.25, -0.2) is 13.6 Å². The fraction of sp³-hybridized carbons (Fsp3) is 0. The van der Waals surface area contributed by atoms with Gasteiger partial charge in [-0.15, -0.1) is 0 Å². The van der Waals surface area contributed by atoms with Crippen LogP contribution in [0.15, 0.2) is 91.0 Å². The van der Waals surface area contributed by atoms with Crippen LogP contribution in [-0.4, -0.2) is 11.1 Å². The van der Waals surface area contributed by atoms with Crippen LogP contribution in [-0.2, 0) is 0 Å². The quantitative estimate of drug-likeness (QED) is 0.328. The predicted molar refractivity (Wildman–Crippen MR) is 121 cm³/mol. The van der Waals surface area contributed by atoms with Gasteiger partial charge in [-0.05, 0) is 82.9 Å². The van der Waals surface area contributed by atoms with Gasteiger partial charge in [-0.2, -0.15) is 0 Å². The molecule has 0 heterocycles. The minimum Gasteiger partial charge on any atom is -0.478 e. The Morgan fingerprint density at radius 1 is 0.719 bits per heavy atom. The maximum absolute atomic E-state index is 13.2. The lowest BCUT2D eigenvalue weighted by Crippen LogP contribution is -1.99. The highest BCUT2D eigenvalue weighted by Gasteiger charge is 2.10. The predicted octanol–water partition coefficient (Wildman–Crippen LogP) is 7.29. The van der Waals surface area contributed by atoms with Gasteiger partial charge in [0.15, 0.2) is 0 Å². The Morgan fingerprint density at radius 2 is 1.38 bits per heavy atom. The largest absolute Gasteiger partial charge is 0.478 e. The summed E-state index contributed by atoms with van der Waals surface area (Å²) >= 11 is 0. The Hall–Kier alpha value is -4.25. The Labute approximate surface area is 183 Å². The smallest absolute Gasteiger partial charge is 0.336 e. The maximum Gasteiger partial charge on any atom is 0.336 e. The summed E-state index contributed by atoms with van der Waals surface area (Å²) in [5.74, 6) is -0.640. The van der Waals surface area contributed by atoms with Gasteiger partial charge < -0.3 is 9.84 Å². The van der Waals surface area contributed by atoms with Crippen LogP contribution in [0.4, 0.5) is 8.78 Å². The summed E-state index contributed by atoms with van der Waals surface area (Å²) in [6.45, 7) is 0. The number of ether oxygens (including phenoxy) is 1. The molecule has 5 heteroatoms. The number of hydrogen-bond donors (Lipinski definition) is 1. The average molecular weight is 428 g/mol. The molecule has 0 bridgehead atoms. The maximum atomic E-state index is 13.2. The SMILES string of the molecule is O=C(O)c1ccc(-c2ccc(F)cc2)cc1/C=C/c1cccc(Oc2ccc(F)cc2)c1. The van der Waals surface area contributed by atoms with Crippen LogP contribution in [0, 0.1) is 11.6 Å². The molecule has 0 amide bonds. The number of carboxylic acids is 1. The number of rotatable bonds is 6. The first-order valence-electron chi connectivity index (χ1n) is 9.83. The van der Waals surface area contributed by atoms with Crippen molar-refractivity contribution in [2.45, 2.75) is 0 Å². The van der Waals surface area contributed by atoms with E-state index in [2.05, 4.69) is 0 Å². The summed E-state index contributed by atoms with van der Waals surface area (Å²) in [6, 6.07) is 24.0. The molecule has 0 aliphatic heterocycles. The van der Waals surface area contributed by atoms with Crippen molar-refractivity contribution >= 4 is 18.1 Å². The first-order valence-corrected chi connectivity index (χ1v) is 9.83. The number of hydrogen-bond acceptors (Lipinski definition) is 2. The van der Waals surface area contributed by atoms with Crippen LogP contribution in [0.5, 0.6) is 11.5 Å². The number of benzene rings is 4. The molecule has 1 N–H and O–H groups in total.